The van der Waals surface area contributed by atoms with Crippen LogP contribution in [0.2, 0.25) is 0 Å². The first-order valence-corrected chi connectivity index (χ1v) is 6.83. The van der Waals surface area contributed by atoms with Gasteiger partial charge in [-0.2, -0.15) is 0 Å². The number of carbonyl (C=O) groups is 1. The predicted molar refractivity (Wildman–Crippen MR) is 59.8 cm³/mol. The van der Waals surface area contributed by atoms with E-state index in [-0.39, 0.29) is 17.7 Å². The smallest absolute Gasteiger partial charge is 0.166 e. The average Bonchev–Trinajstić information content (AvgIpc) is 2.17. The van der Waals surface area contributed by atoms with Gasteiger partial charge < -0.3 is 0 Å². The van der Waals surface area contributed by atoms with Gasteiger partial charge in [0.05, 0.1) is 11.3 Å². The molecule has 1 rings (SSSR count). The van der Waals surface area contributed by atoms with Gasteiger partial charge in [-0.15, -0.1) is 0 Å². The fraction of sp³-hybridized carbons (Fsp3) is 0.364. The lowest BCUT2D eigenvalue weighted by atomic mass is 10.1. The van der Waals surface area contributed by atoms with Gasteiger partial charge in [0.25, 0.3) is 0 Å². The highest BCUT2D eigenvalue weighted by Crippen LogP contribution is 2.14. The third kappa shape index (κ3) is 3.41. The van der Waals surface area contributed by atoms with Crippen LogP contribution >= 0.6 is 0 Å². The maximum atomic E-state index is 13.5. The first-order valence-electron chi connectivity index (χ1n) is 4.77. The maximum absolute atomic E-state index is 13.5. The van der Waals surface area contributed by atoms with Gasteiger partial charge in [0, 0.05) is 12.7 Å². The molecule has 0 aromatic heterocycles. The van der Waals surface area contributed by atoms with Crippen molar-refractivity contribution in [3.8, 4) is 0 Å². The summed E-state index contributed by atoms with van der Waals surface area (Å²) >= 11 is 0. The Hall–Kier alpha value is -1.23. The number of carbonyl (C=O) groups excluding carboxylic acids is 1. The first kappa shape index (κ1) is 12.8. The molecule has 0 saturated carbocycles. The Morgan fingerprint density at radius 1 is 1.38 bits per heavy atom. The summed E-state index contributed by atoms with van der Waals surface area (Å²) in [5.74, 6) is -1.30. The molecule has 5 heteroatoms. The fourth-order valence-electron chi connectivity index (χ4n) is 1.28. The molecule has 3 nitrogen and oxygen atoms in total. The van der Waals surface area contributed by atoms with E-state index in [1.165, 1.54) is 6.07 Å². The molecule has 1 aromatic rings. The van der Waals surface area contributed by atoms with Gasteiger partial charge in [-0.1, -0.05) is 12.1 Å². The van der Waals surface area contributed by atoms with Crippen LogP contribution in [0.4, 0.5) is 4.39 Å². The number of halogens is 1. The second kappa shape index (κ2) is 4.74. The van der Waals surface area contributed by atoms with Crippen molar-refractivity contribution in [3.63, 3.8) is 0 Å². The molecule has 0 spiro atoms. The number of sulfone groups is 1. The van der Waals surface area contributed by atoms with Crippen LogP contribution < -0.4 is 0 Å². The van der Waals surface area contributed by atoms with Gasteiger partial charge in [-0.25, -0.2) is 12.8 Å². The summed E-state index contributed by atoms with van der Waals surface area (Å²) in [5, 5.41) is 0. The number of Topliss-reactive ketones (excluding diaryl/α,β-unsaturated/α-hetero) is 1. The second-order valence-electron chi connectivity index (χ2n) is 3.74. The average molecular weight is 244 g/mol. The van der Waals surface area contributed by atoms with E-state index >= 15 is 0 Å². The molecule has 0 amide bonds. The Balaban J connectivity index is 2.86. The standard InChI is InChI=1S/C11H13FO3S/c1-8-4-3-5-9(11(8)12)10(13)6-7-16(2,14)15/h3-5H,6-7H2,1-2H3. The summed E-state index contributed by atoms with van der Waals surface area (Å²) in [6.45, 7) is 1.56. The molecule has 0 atom stereocenters. The zero-order chi connectivity index (χ0) is 12.3. The molecule has 16 heavy (non-hydrogen) atoms. The second-order valence-corrected chi connectivity index (χ2v) is 6.00. The highest BCUT2D eigenvalue weighted by Gasteiger charge is 2.15. The molecule has 0 unspecified atom stereocenters. The zero-order valence-corrected chi connectivity index (χ0v) is 9.97. The van der Waals surface area contributed by atoms with Crippen molar-refractivity contribution in [2.24, 2.45) is 0 Å². The van der Waals surface area contributed by atoms with Gasteiger partial charge in [-0.05, 0) is 18.6 Å². The third-order valence-corrected chi connectivity index (χ3v) is 3.14. The molecule has 0 N–H and O–H groups in total. The minimum Gasteiger partial charge on any atom is -0.294 e. The fourth-order valence-corrected chi connectivity index (χ4v) is 1.83. The van der Waals surface area contributed by atoms with E-state index in [2.05, 4.69) is 0 Å². The van der Waals surface area contributed by atoms with E-state index < -0.39 is 21.4 Å². The van der Waals surface area contributed by atoms with Crippen LogP contribution in [0.3, 0.4) is 0 Å². The normalized spacial score (nSPS) is 11.4. The number of hydrogen-bond donors (Lipinski definition) is 0. The van der Waals surface area contributed by atoms with E-state index in [1.54, 1.807) is 19.1 Å². The summed E-state index contributed by atoms with van der Waals surface area (Å²) in [6, 6.07) is 4.50. The Bertz CT molecular complexity index is 506. The molecular formula is C11H13FO3S. The van der Waals surface area contributed by atoms with Crippen molar-refractivity contribution < 1.29 is 17.6 Å². The maximum Gasteiger partial charge on any atom is 0.166 e. The molecule has 0 aliphatic rings. The highest BCUT2D eigenvalue weighted by molar-refractivity contribution is 7.90. The van der Waals surface area contributed by atoms with E-state index in [4.69, 9.17) is 0 Å². The van der Waals surface area contributed by atoms with Crippen LogP contribution in [0.25, 0.3) is 0 Å². The van der Waals surface area contributed by atoms with Crippen LogP contribution in [0.1, 0.15) is 22.3 Å². The lowest BCUT2D eigenvalue weighted by Gasteiger charge is -2.03. The first-order chi connectivity index (χ1) is 7.31. The molecule has 0 saturated heterocycles. The van der Waals surface area contributed by atoms with Crippen molar-refractivity contribution >= 4 is 15.6 Å². The molecular weight excluding hydrogens is 231 g/mol. The van der Waals surface area contributed by atoms with Crippen molar-refractivity contribution in [3.05, 3.63) is 35.1 Å². The topological polar surface area (TPSA) is 51.2 Å². The van der Waals surface area contributed by atoms with Crippen LogP contribution in [0.15, 0.2) is 18.2 Å². The van der Waals surface area contributed by atoms with Crippen LogP contribution in [0, 0.1) is 12.7 Å². The summed E-state index contributed by atoms with van der Waals surface area (Å²) < 4.78 is 35.2. The van der Waals surface area contributed by atoms with E-state index in [0.717, 1.165) is 6.26 Å². The Labute approximate surface area is 94.2 Å². The minimum atomic E-state index is -3.19. The SMILES string of the molecule is Cc1cccc(C(=O)CCS(C)(=O)=O)c1F. The Morgan fingerprint density at radius 3 is 2.56 bits per heavy atom. The summed E-state index contributed by atoms with van der Waals surface area (Å²) in [6.07, 6.45) is 0.867. The van der Waals surface area contributed by atoms with E-state index in [9.17, 15) is 17.6 Å². The van der Waals surface area contributed by atoms with E-state index in [1.807, 2.05) is 0 Å². The number of rotatable bonds is 4. The van der Waals surface area contributed by atoms with Gasteiger partial charge >= 0.3 is 0 Å². The van der Waals surface area contributed by atoms with Gasteiger partial charge in [0.2, 0.25) is 0 Å². The molecule has 88 valence electrons. The molecule has 0 bridgehead atoms. The van der Waals surface area contributed by atoms with Crippen LogP contribution in [0.5, 0.6) is 0 Å². The Morgan fingerprint density at radius 2 is 2.00 bits per heavy atom. The number of hydrogen-bond acceptors (Lipinski definition) is 3. The summed E-state index contributed by atoms with van der Waals surface area (Å²) in [7, 11) is -3.19. The van der Waals surface area contributed by atoms with Crippen LogP contribution in [-0.4, -0.2) is 26.2 Å². The van der Waals surface area contributed by atoms with Crippen molar-refractivity contribution in [1.29, 1.82) is 0 Å². The third-order valence-electron chi connectivity index (χ3n) is 2.19. The van der Waals surface area contributed by atoms with Crippen molar-refractivity contribution in [1.82, 2.24) is 0 Å². The highest BCUT2D eigenvalue weighted by atomic mass is 32.2. The summed E-state index contributed by atoms with van der Waals surface area (Å²) in [5.41, 5.74) is 0.342. The van der Waals surface area contributed by atoms with Gasteiger partial charge in [0.15, 0.2) is 5.78 Å². The quantitative estimate of drug-likeness (QED) is 0.758. The molecule has 1 aromatic carbocycles. The van der Waals surface area contributed by atoms with Gasteiger partial charge in [-0.3, -0.25) is 4.79 Å². The molecule has 0 aliphatic heterocycles. The van der Waals surface area contributed by atoms with Crippen LogP contribution in [-0.2, 0) is 9.84 Å². The zero-order valence-electron chi connectivity index (χ0n) is 9.16. The van der Waals surface area contributed by atoms with E-state index in [0.29, 0.717) is 5.56 Å². The lowest BCUT2D eigenvalue weighted by Crippen LogP contribution is -2.11. The van der Waals surface area contributed by atoms with Crippen molar-refractivity contribution in [2.75, 3.05) is 12.0 Å². The lowest BCUT2D eigenvalue weighted by molar-refractivity contribution is 0.0984. The molecule has 0 heterocycles. The molecule has 0 aliphatic carbocycles. The predicted octanol–water partition coefficient (Wildman–Crippen LogP) is 1.75. The molecule has 0 radical (unpaired) electrons. The van der Waals surface area contributed by atoms with Gasteiger partial charge in [0.1, 0.15) is 15.7 Å². The Kier molecular flexibility index (Phi) is 3.80. The molecule has 0 fully saturated rings. The van der Waals surface area contributed by atoms with Crippen molar-refractivity contribution in [2.45, 2.75) is 13.3 Å². The number of benzene rings is 1. The number of aryl methyl sites for hydroxylation is 1. The number of ketones is 1. The summed E-state index contributed by atoms with van der Waals surface area (Å²) in [4.78, 5) is 11.6. The monoisotopic (exact) mass is 244 g/mol. The largest absolute Gasteiger partial charge is 0.294 e. The minimum absolute atomic E-state index is 0.0383.